The van der Waals surface area contributed by atoms with Crippen LogP contribution in [0.2, 0.25) is 0 Å². The number of urea groups is 1. The number of amides is 3. The van der Waals surface area contributed by atoms with E-state index in [-0.39, 0.29) is 38.9 Å². The van der Waals surface area contributed by atoms with Gasteiger partial charge >= 0.3 is 12.2 Å². The van der Waals surface area contributed by atoms with Crippen molar-refractivity contribution in [2.75, 3.05) is 0 Å². The van der Waals surface area contributed by atoms with Gasteiger partial charge in [0.2, 0.25) is 0 Å². The topological polar surface area (TPSA) is 86.6 Å². The Labute approximate surface area is 241 Å². The Balaban J connectivity index is 1.32. The van der Waals surface area contributed by atoms with Crippen molar-refractivity contribution in [3.8, 4) is 27.4 Å². The molecule has 1 saturated heterocycles. The van der Waals surface area contributed by atoms with Gasteiger partial charge in [-0.3, -0.25) is 4.79 Å². The number of aromatic nitrogens is 2. The third-order valence-electron chi connectivity index (χ3n) is 7.39. The van der Waals surface area contributed by atoms with Crippen LogP contribution in [0.3, 0.4) is 0 Å². The van der Waals surface area contributed by atoms with Crippen LogP contribution in [0.4, 0.5) is 35.5 Å². The predicted octanol–water partition coefficient (Wildman–Crippen LogP) is 6.73. The Morgan fingerprint density at radius 3 is 2.21 bits per heavy atom. The first kappa shape index (κ1) is 28.6. The van der Waals surface area contributed by atoms with Crippen molar-refractivity contribution in [3.05, 3.63) is 88.4 Å². The average Bonchev–Trinajstić information content (AvgIpc) is 3.59. The number of rotatable bonds is 6. The van der Waals surface area contributed by atoms with Gasteiger partial charge in [-0.25, -0.2) is 27.3 Å². The molecule has 6 rings (SSSR count). The van der Waals surface area contributed by atoms with Gasteiger partial charge in [-0.2, -0.15) is 13.2 Å². The van der Waals surface area contributed by atoms with Crippen LogP contribution in [0.1, 0.15) is 29.5 Å². The van der Waals surface area contributed by atoms with E-state index < -0.39 is 70.8 Å². The molecule has 2 heterocycles. The summed E-state index contributed by atoms with van der Waals surface area (Å²) in [7, 11) is 0. The Morgan fingerprint density at radius 1 is 0.907 bits per heavy atom. The van der Waals surface area contributed by atoms with E-state index in [1.54, 1.807) is 0 Å². The first-order valence-corrected chi connectivity index (χ1v) is 13.4. The number of imide groups is 1. The summed E-state index contributed by atoms with van der Waals surface area (Å²) in [6.07, 6.45) is -5.15. The van der Waals surface area contributed by atoms with Crippen LogP contribution in [0.25, 0.3) is 21.7 Å². The number of benzene rings is 3. The number of halogens is 7. The molecule has 1 saturated carbocycles. The van der Waals surface area contributed by atoms with Gasteiger partial charge in [-0.15, -0.1) is 10.2 Å². The first-order valence-electron chi connectivity index (χ1n) is 12.6. The molecule has 15 heteroatoms. The van der Waals surface area contributed by atoms with E-state index in [1.807, 2.05) is 0 Å². The van der Waals surface area contributed by atoms with E-state index >= 15 is 4.39 Å². The van der Waals surface area contributed by atoms with Gasteiger partial charge in [0.15, 0.2) is 28.4 Å². The molecule has 2 fully saturated rings. The second-order valence-electron chi connectivity index (χ2n) is 10.0. The summed E-state index contributed by atoms with van der Waals surface area (Å²) in [5.41, 5.74) is -2.37. The maximum Gasteiger partial charge on any atom is 0.413 e. The SMILES string of the molecule is O=C1N(C(c2ccc(-c3ccc(F)cc3)cc2F)C(F)(F)F)C(=O)C2(CC2)N1Cc1nnc(-c2ccc(F)c(O)c2F)s1. The van der Waals surface area contributed by atoms with Crippen molar-refractivity contribution in [2.45, 2.75) is 37.1 Å². The third kappa shape index (κ3) is 4.76. The van der Waals surface area contributed by atoms with Gasteiger partial charge < -0.3 is 10.0 Å². The number of phenolic OH excluding ortho intramolecular Hbond substituents is 1. The van der Waals surface area contributed by atoms with Crippen molar-refractivity contribution in [3.63, 3.8) is 0 Å². The lowest BCUT2D eigenvalue weighted by atomic mass is 9.98. The molecule has 43 heavy (non-hydrogen) atoms. The molecule has 1 N–H and O–H groups in total. The predicted molar refractivity (Wildman–Crippen MR) is 137 cm³/mol. The molecule has 2 aliphatic rings. The maximum atomic E-state index is 15.3. The molecular weight excluding hydrogens is 605 g/mol. The van der Waals surface area contributed by atoms with Crippen molar-refractivity contribution < 1.29 is 45.4 Å². The number of carbonyl (C=O) groups excluding carboxylic acids is 2. The molecule has 3 amide bonds. The number of phenols is 1. The highest BCUT2D eigenvalue weighted by atomic mass is 32.1. The average molecular weight is 623 g/mol. The van der Waals surface area contributed by atoms with Gasteiger partial charge in [0.25, 0.3) is 5.91 Å². The first-order chi connectivity index (χ1) is 20.3. The number of alkyl halides is 3. The fourth-order valence-electron chi connectivity index (χ4n) is 5.09. The van der Waals surface area contributed by atoms with Gasteiger partial charge in [0.05, 0.1) is 12.1 Å². The molecule has 0 radical (unpaired) electrons. The van der Waals surface area contributed by atoms with Gasteiger partial charge in [-0.05, 0) is 54.3 Å². The highest BCUT2D eigenvalue weighted by molar-refractivity contribution is 7.14. The molecule has 1 atom stereocenters. The molecule has 1 aliphatic carbocycles. The smallest absolute Gasteiger partial charge is 0.413 e. The van der Waals surface area contributed by atoms with Crippen LogP contribution >= 0.6 is 11.3 Å². The molecule has 4 aromatic rings. The number of hydrogen-bond acceptors (Lipinski definition) is 6. The van der Waals surface area contributed by atoms with Crippen LogP contribution in [0.5, 0.6) is 5.75 Å². The minimum Gasteiger partial charge on any atom is -0.503 e. The van der Waals surface area contributed by atoms with Gasteiger partial charge in [-0.1, -0.05) is 35.6 Å². The Kier molecular flexibility index (Phi) is 6.67. The maximum absolute atomic E-state index is 15.3. The minimum atomic E-state index is -5.26. The standard InChI is InChI=1S/C28H17F7N4O3S/c29-15-4-1-13(2-5-15)14-3-6-16(19(31)11-14)23(28(33,34)35)39-25(41)27(9-10-27)38(26(39)42)12-20-36-37-24(43-20)17-7-8-18(30)22(40)21(17)32/h1-8,11,23,40H,9-10,12H2. The monoisotopic (exact) mass is 622 g/mol. The minimum absolute atomic E-state index is 0.00258. The molecule has 7 nitrogen and oxygen atoms in total. The summed E-state index contributed by atoms with van der Waals surface area (Å²) >= 11 is 0.723. The Hall–Kier alpha value is -4.53. The number of nitrogens with zero attached hydrogens (tertiary/aromatic N) is 4. The largest absolute Gasteiger partial charge is 0.503 e. The molecule has 1 aromatic heterocycles. The summed E-state index contributed by atoms with van der Waals surface area (Å²) < 4.78 is 99.9. The summed E-state index contributed by atoms with van der Waals surface area (Å²) in [5.74, 6) is -6.79. The Bertz CT molecular complexity index is 1770. The van der Waals surface area contributed by atoms with Gasteiger partial charge in [0, 0.05) is 5.56 Å². The highest BCUT2D eigenvalue weighted by Crippen LogP contribution is 2.53. The van der Waals surface area contributed by atoms with Crippen molar-refractivity contribution in [1.82, 2.24) is 20.0 Å². The van der Waals surface area contributed by atoms with E-state index in [0.29, 0.717) is 5.56 Å². The van der Waals surface area contributed by atoms with Gasteiger partial charge in [0.1, 0.15) is 22.2 Å². The second-order valence-corrected chi connectivity index (χ2v) is 11.1. The number of carbonyl (C=O) groups is 2. The molecular formula is C28H17F7N4O3S. The molecule has 1 spiro atoms. The zero-order chi connectivity index (χ0) is 30.8. The van der Waals surface area contributed by atoms with Crippen LogP contribution in [0, 0.1) is 23.3 Å². The molecule has 222 valence electrons. The second kappa shape index (κ2) is 10.0. The lowest BCUT2D eigenvalue weighted by Crippen LogP contribution is -2.43. The van der Waals surface area contributed by atoms with Crippen molar-refractivity contribution in [2.24, 2.45) is 0 Å². The van der Waals surface area contributed by atoms with Crippen LogP contribution < -0.4 is 0 Å². The summed E-state index contributed by atoms with van der Waals surface area (Å²) in [5, 5.41) is 17.1. The summed E-state index contributed by atoms with van der Waals surface area (Å²) in [6.45, 7) is -0.468. The molecule has 3 aromatic carbocycles. The Morgan fingerprint density at radius 2 is 1.58 bits per heavy atom. The van der Waals surface area contributed by atoms with Crippen molar-refractivity contribution >= 4 is 23.3 Å². The van der Waals surface area contributed by atoms with Crippen LogP contribution in [-0.2, 0) is 11.3 Å². The fraction of sp³-hybridized carbons (Fsp3) is 0.214. The molecule has 1 unspecified atom stereocenters. The zero-order valence-electron chi connectivity index (χ0n) is 21.5. The van der Waals surface area contributed by atoms with Crippen LogP contribution in [-0.4, -0.2) is 48.8 Å². The molecule has 1 aliphatic heterocycles. The van der Waals surface area contributed by atoms with E-state index in [4.69, 9.17) is 0 Å². The number of aromatic hydroxyl groups is 1. The summed E-state index contributed by atoms with van der Waals surface area (Å²) in [6, 6.07) is 5.20. The van der Waals surface area contributed by atoms with Crippen LogP contribution in [0.15, 0.2) is 54.6 Å². The van der Waals surface area contributed by atoms with Crippen molar-refractivity contribution in [1.29, 1.82) is 0 Å². The molecule has 0 bridgehead atoms. The van der Waals surface area contributed by atoms with E-state index in [1.165, 1.54) is 18.2 Å². The lowest BCUT2D eigenvalue weighted by Gasteiger charge is -2.29. The quantitative estimate of drug-likeness (QED) is 0.190. The zero-order valence-corrected chi connectivity index (χ0v) is 22.3. The fourth-order valence-corrected chi connectivity index (χ4v) is 5.94. The third-order valence-corrected chi connectivity index (χ3v) is 8.33. The van der Waals surface area contributed by atoms with E-state index in [9.17, 15) is 41.0 Å². The lowest BCUT2D eigenvalue weighted by molar-refractivity contribution is -0.183. The van der Waals surface area contributed by atoms with E-state index in [0.717, 1.165) is 52.6 Å². The normalized spacial score (nSPS) is 16.8. The summed E-state index contributed by atoms with van der Waals surface area (Å²) in [4.78, 5) is 27.8. The number of hydrogen-bond donors (Lipinski definition) is 1. The van der Waals surface area contributed by atoms with E-state index in [2.05, 4.69) is 10.2 Å². The highest BCUT2D eigenvalue weighted by Gasteiger charge is 2.68.